The first-order chi connectivity index (χ1) is 48.7. The van der Waals surface area contributed by atoms with Gasteiger partial charge in [0.25, 0.3) is 0 Å². The summed E-state index contributed by atoms with van der Waals surface area (Å²) in [4.78, 5) is 72.8. The van der Waals surface area contributed by atoms with E-state index in [-0.39, 0.29) is 25.7 Å². The second-order valence-electron chi connectivity index (χ2n) is 24.8. The molecule has 19 heteroatoms. The minimum atomic E-state index is -5.00. The third kappa shape index (κ3) is 71.3. The topological polar surface area (TPSA) is 237 Å². The summed E-state index contributed by atoms with van der Waals surface area (Å²) in [6.45, 7) is 4.43. The van der Waals surface area contributed by atoms with Crippen LogP contribution in [0.1, 0.15) is 285 Å². The van der Waals surface area contributed by atoms with Crippen LogP contribution in [-0.2, 0) is 65.4 Å². The molecule has 0 heterocycles. The molecule has 5 atom stereocenters. The number of allylic oxidation sites excluding steroid dienone is 24. The van der Waals surface area contributed by atoms with Crippen molar-refractivity contribution < 1.29 is 80.2 Å². The molecule has 570 valence electrons. The fourth-order valence-electron chi connectivity index (χ4n) is 9.51. The molecule has 5 unspecified atom stereocenters. The van der Waals surface area contributed by atoms with Crippen molar-refractivity contribution in [1.29, 1.82) is 0 Å². The van der Waals surface area contributed by atoms with Crippen LogP contribution in [0, 0.1) is 0 Å². The Morgan fingerprint density at radius 2 is 0.550 bits per heavy atom. The van der Waals surface area contributed by atoms with Gasteiger partial charge in [-0.2, -0.15) is 0 Å². The molecule has 3 N–H and O–H groups in total. The zero-order chi connectivity index (χ0) is 73.2. The van der Waals surface area contributed by atoms with Crippen LogP contribution >= 0.6 is 15.6 Å². The molecule has 0 aliphatic carbocycles. The molecule has 0 amide bonds. The molecular weight excluding hydrogens is 1310 g/mol. The SMILES string of the molecule is CC/C=C\C/C=C\C/C=C\C/C=C\C/C=C\C/C=C\CCC(=O)OCC(COP(=O)(O)OCC(O)COP(=O)(O)OCC(COC(=O)CCCC/C=C\C/C=C\C/C=C\C/C=C\CC)OC(=O)CCCCCCC/C=C\CCCC)OC(=O)CCCCCCC/C=C\CCCCCCCC. The van der Waals surface area contributed by atoms with Gasteiger partial charge in [0.2, 0.25) is 0 Å². The van der Waals surface area contributed by atoms with E-state index in [1.807, 2.05) is 18.2 Å². The molecule has 0 aromatic heterocycles. The number of unbranched alkanes of at least 4 members (excludes halogenated alkanes) is 20. The smallest absolute Gasteiger partial charge is 0.462 e. The van der Waals surface area contributed by atoms with E-state index in [1.165, 1.54) is 51.4 Å². The number of hydrogen-bond donors (Lipinski definition) is 3. The predicted octanol–water partition coefficient (Wildman–Crippen LogP) is 21.9. The van der Waals surface area contributed by atoms with Crippen LogP contribution in [0.2, 0.25) is 0 Å². The average molecular weight is 1440 g/mol. The first-order valence-electron chi connectivity index (χ1n) is 38.1. The lowest BCUT2D eigenvalue weighted by Crippen LogP contribution is -2.30. The number of phosphoric ester groups is 2. The highest BCUT2D eigenvalue weighted by atomic mass is 31.2. The summed E-state index contributed by atoms with van der Waals surface area (Å²) < 4.78 is 68.3. The van der Waals surface area contributed by atoms with Gasteiger partial charge in [-0.3, -0.25) is 37.3 Å². The Morgan fingerprint density at radius 3 is 0.920 bits per heavy atom. The van der Waals surface area contributed by atoms with Gasteiger partial charge in [-0.1, -0.05) is 257 Å². The summed E-state index contributed by atoms with van der Waals surface area (Å²) in [5.41, 5.74) is 0. The number of carbonyl (C=O) groups excluding carboxylic acids is 4. The molecule has 0 aromatic rings. The van der Waals surface area contributed by atoms with Crippen LogP contribution in [0.4, 0.5) is 0 Å². The molecule has 0 bridgehead atoms. The quantitative estimate of drug-likeness (QED) is 0.0169. The molecule has 17 nitrogen and oxygen atoms in total. The first kappa shape index (κ1) is 94.9. The maximum absolute atomic E-state index is 13.1. The number of carbonyl (C=O) groups is 4. The van der Waals surface area contributed by atoms with Crippen LogP contribution in [0.15, 0.2) is 146 Å². The van der Waals surface area contributed by atoms with Gasteiger partial charge in [0, 0.05) is 25.7 Å². The first-order valence-corrected chi connectivity index (χ1v) is 41.1. The molecular formula is C81H134O17P2. The summed E-state index contributed by atoms with van der Waals surface area (Å²) in [6.07, 6.45) is 81.5. The van der Waals surface area contributed by atoms with E-state index in [0.717, 1.165) is 148 Å². The number of esters is 4. The molecule has 0 saturated heterocycles. The lowest BCUT2D eigenvalue weighted by molar-refractivity contribution is -0.161. The minimum absolute atomic E-state index is 0.0303. The van der Waals surface area contributed by atoms with E-state index in [4.69, 9.17) is 37.0 Å². The fraction of sp³-hybridized carbons (Fsp3) is 0.654. The van der Waals surface area contributed by atoms with Gasteiger partial charge >= 0.3 is 39.5 Å². The van der Waals surface area contributed by atoms with Crippen molar-refractivity contribution in [1.82, 2.24) is 0 Å². The summed E-state index contributed by atoms with van der Waals surface area (Å²) in [5.74, 6) is -2.35. The Bertz CT molecular complexity index is 2470. The molecule has 0 fully saturated rings. The van der Waals surface area contributed by atoms with Crippen LogP contribution in [0.5, 0.6) is 0 Å². The minimum Gasteiger partial charge on any atom is -0.462 e. The van der Waals surface area contributed by atoms with E-state index in [0.29, 0.717) is 32.1 Å². The summed E-state index contributed by atoms with van der Waals surface area (Å²) >= 11 is 0. The normalized spacial score (nSPS) is 14.8. The van der Waals surface area contributed by atoms with Crippen LogP contribution in [0.25, 0.3) is 0 Å². The van der Waals surface area contributed by atoms with E-state index < -0.39 is 97.5 Å². The number of aliphatic hydroxyl groups excluding tert-OH is 1. The third-order valence-corrected chi connectivity index (χ3v) is 17.2. The Hall–Kier alpha value is -5.06. The van der Waals surface area contributed by atoms with Gasteiger partial charge in [0.05, 0.1) is 26.4 Å². The highest BCUT2D eigenvalue weighted by molar-refractivity contribution is 7.47. The van der Waals surface area contributed by atoms with Crippen molar-refractivity contribution in [2.45, 2.75) is 303 Å². The molecule has 0 radical (unpaired) electrons. The van der Waals surface area contributed by atoms with Gasteiger partial charge in [0.1, 0.15) is 19.3 Å². The monoisotopic (exact) mass is 1440 g/mol. The van der Waals surface area contributed by atoms with E-state index >= 15 is 0 Å². The number of ether oxygens (including phenoxy) is 4. The highest BCUT2D eigenvalue weighted by Crippen LogP contribution is 2.45. The van der Waals surface area contributed by atoms with Crippen molar-refractivity contribution in [2.24, 2.45) is 0 Å². The molecule has 0 aromatic carbocycles. The lowest BCUT2D eigenvalue weighted by atomic mass is 10.1. The summed E-state index contributed by atoms with van der Waals surface area (Å²) in [7, 11) is -9.99. The zero-order valence-corrected chi connectivity index (χ0v) is 63.9. The molecule has 0 saturated carbocycles. The molecule has 0 spiro atoms. The van der Waals surface area contributed by atoms with Crippen molar-refractivity contribution in [3.63, 3.8) is 0 Å². The van der Waals surface area contributed by atoms with Gasteiger partial charge in [-0.05, 0) is 148 Å². The number of phosphoric acid groups is 2. The Balaban J connectivity index is 5.44. The highest BCUT2D eigenvalue weighted by Gasteiger charge is 2.30. The second kappa shape index (κ2) is 72.3. The average Bonchev–Trinajstić information content (AvgIpc) is 0.985. The Labute approximate surface area is 605 Å². The maximum atomic E-state index is 13.1. The van der Waals surface area contributed by atoms with Gasteiger partial charge in [-0.15, -0.1) is 0 Å². The summed E-state index contributed by atoms with van der Waals surface area (Å²) in [5, 5.41) is 10.6. The van der Waals surface area contributed by atoms with Crippen molar-refractivity contribution in [3.8, 4) is 0 Å². The van der Waals surface area contributed by atoms with Gasteiger partial charge in [-0.25, -0.2) is 9.13 Å². The van der Waals surface area contributed by atoms with Gasteiger partial charge in [0.15, 0.2) is 12.2 Å². The molecule has 0 aliphatic rings. The van der Waals surface area contributed by atoms with Crippen LogP contribution < -0.4 is 0 Å². The Morgan fingerprint density at radius 1 is 0.290 bits per heavy atom. The van der Waals surface area contributed by atoms with Crippen molar-refractivity contribution >= 4 is 39.5 Å². The van der Waals surface area contributed by atoms with E-state index in [9.17, 15) is 43.2 Å². The standard InChI is InChI=1S/C81H134O17P2/c1-5-9-13-17-21-25-29-32-35-36-37-38-41-43-47-50-54-58-62-66-79(84)92-72-77(98-81(86)68-64-60-56-52-48-44-40-34-31-27-23-19-15-11-7-3)74-96-100(89,90)94-70-75(82)69-93-99(87,88)95-73-76(97-80(85)67-63-59-55-51-45-28-24-20-16-12-8-4)71-91-78(83)65-61-57-53-49-46-42-39-33-30-26-22-18-14-10-6-2/h9-10,13-14,20-22,24-26,32-35,37-40,43,46-47,49,54,58,75-77,82H,5-8,11-12,15-19,23,27-31,36,41-42,44-45,48,50-53,55-57,59-74H2,1-4H3,(H,87,88)(H,89,90)/b13-9-,14-10-,24-20-,25-21-,26-22-,35-32-,38-37-,39-33-,40-34-,47-43-,49-46-,58-54-. The molecule has 0 rings (SSSR count). The second-order valence-corrected chi connectivity index (χ2v) is 27.7. The molecule has 100 heavy (non-hydrogen) atoms. The van der Waals surface area contributed by atoms with Crippen molar-refractivity contribution in [3.05, 3.63) is 146 Å². The fourth-order valence-corrected chi connectivity index (χ4v) is 11.1. The van der Waals surface area contributed by atoms with Crippen LogP contribution in [-0.4, -0.2) is 96.7 Å². The van der Waals surface area contributed by atoms with Crippen LogP contribution in [0.3, 0.4) is 0 Å². The third-order valence-electron chi connectivity index (χ3n) is 15.3. The maximum Gasteiger partial charge on any atom is 0.472 e. The predicted molar refractivity (Wildman–Crippen MR) is 408 cm³/mol. The number of hydrogen-bond acceptors (Lipinski definition) is 15. The summed E-state index contributed by atoms with van der Waals surface area (Å²) in [6, 6.07) is 0. The lowest BCUT2D eigenvalue weighted by Gasteiger charge is -2.21. The largest absolute Gasteiger partial charge is 0.472 e. The Kier molecular flexibility index (Phi) is 68.6. The zero-order valence-electron chi connectivity index (χ0n) is 62.1. The molecule has 0 aliphatic heterocycles. The number of aliphatic hydroxyl groups is 1. The van der Waals surface area contributed by atoms with Gasteiger partial charge < -0.3 is 33.8 Å². The number of rotatable bonds is 70. The van der Waals surface area contributed by atoms with Crippen molar-refractivity contribution in [2.75, 3.05) is 39.6 Å². The van der Waals surface area contributed by atoms with E-state index in [2.05, 4.69) is 155 Å². The van der Waals surface area contributed by atoms with E-state index in [1.54, 1.807) is 0 Å².